The maximum absolute atomic E-state index is 12.1. The molecule has 8 nitrogen and oxygen atoms in total. The van der Waals surface area contributed by atoms with Crippen LogP contribution < -0.4 is 14.9 Å². The first-order chi connectivity index (χ1) is 15.4. The highest BCUT2D eigenvalue weighted by Gasteiger charge is 2.13. The number of rotatable bonds is 8. The molecule has 0 spiro atoms. The Morgan fingerprint density at radius 2 is 2.06 bits per heavy atom. The highest BCUT2D eigenvalue weighted by molar-refractivity contribution is 9.10. The molecule has 0 aliphatic heterocycles. The van der Waals surface area contributed by atoms with E-state index in [1.54, 1.807) is 36.4 Å². The maximum atomic E-state index is 12.1. The van der Waals surface area contributed by atoms with E-state index in [0.29, 0.717) is 27.1 Å². The number of carbonyl (C=O) groups is 2. The normalized spacial score (nSPS) is 10.7. The summed E-state index contributed by atoms with van der Waals surface area (Å²) in [6.45, 7) is 0.144. The minimum Gasteiger partial charge on any atom is -0.493 e. The van der Waals surface area contributed by atoms with Crippen LogP contribution in [0.3, 0.4) is 0 Å². The van der Waals surface area contributed by atoms with Gasteiger partial charge in [0.2, 0.25) is 0 Å². The zero-order valence-corrected chi connectivity index (χ0v) is 19.1. The molecule has 32 heavy (non-hydrogen) atoms. The maximum Gasteiger partial charge on any atom is 0.335 e. The number of carboxylic acids is 1. The average Bonchev–Trinajstić information content (AvgIpc) is 2.78. The summed E-state index contributed by atoms with van der Waals surface area (Å²) < 4.78 is 11.8. The number of carboxylic acid groups (broad SMARTS) is 1. The van der Waals surface area contributed by atoms with Crippen LogP contribution in [0, 0.1) is 0 Å². The molecule has 1 amide bonds. The first-order valence-corrected chi connectivity index (χ1v) is 10.3. The Labute approximate surface area is 197 Å². The summed E-state index contributed by atoms with van der Waals surface area (Å²) in [5, 5.41) is 13.1. The summed E-state index contributed by atoms with van der Waals surface area (Å²) in [7, 11) is 1.49. The second kappa shape index (κ2) is 10.7. The molecular formula is C22H17BrClN3O5. The molecule has 0 aliphatic rings. The van der Waals surface area contributed by atoms with Crippen LogP contribution in [-0.4, -0.2) is 35.3 Å². The third-order valence-electron chi connectivity index (χ3n) is 4.19. The van der Waals surface area contributed by atoms with E-state index in [0.717, 1.165) is 0 Å². The number of pyridine rings is 1. The van der Waals surface area contributed by atoms with Gasteiger partial charge < -0.3 is 14.6 Å². The third kappa shape index (κ3) is 5.83. The van der Waals surface area contributed by atoms with E-state index in [9.17, 15) is 9.59 Å². The summed E-state index contributed by atoms with van der Waals surface area (Å²) >= 11 is 9.34. The Morgan fingerprint density at radius 1 is 1.25 bits per heavy atom. The number of nitrogens with zero attached hydrogens (tertiary/aromatic N) is 2. The van der Waals surface area contributed by atoms with E-state index in [1.807, 2.05) is 0 Å². The predicted molar refractivity (Wildman–Crippen MR) is 123 cm³/mol. The minimum absolute atomic E-state index is 0.0833. The first kappa shape index (κ1) is 23.2. The van der Waals surface area contributed by atoms with Gasteiger partial charge in [0.25, 0.3) is 5.91 Å². The number of hydrogen-bond donors (Lipinski definition) is 2. The van der Waals surface area contributed by atoms with Crippen molar-refractivity contribution in [2.75, 3.05) is 7.11 Å². The number of hydrazone groups is 1. The van der Waals surface area contributed by atoms with Crippen LogP contribution in [0.15, 0.2) is 64.3 Å². The number of nitrogens with one attached hydrogen (secondary N) is 1. The van der Waals surface area contributed by atoms with Crippen molar-refractivity contribution >= 4 is 45.6 Å². The van der Waals surface area contributed by atoms with Gasteiger partial charge in [0, 0.05) is 6.20 Å². The van der Waals surface area contributed by atoms with Crippen LogP contribution in [0.2, 0.25) is 5.15 Å². The number of halogens is 2. The fourth-order valence-electron chi connectivity index (χ4n) is 2.69. The largest absolute Gasteiger partial charge is 0.493 e. The fourth-order valence-corrected chi connectivity index (χ4v) is 3.46. The van der Waals surface area contributed by atoms with Crippen molar-refractivity contribution in [2.24, 2.45) is 5.10 Å². The SMILES string of the molecule is COc1cc(C=NNC(=O)c2cccnc2Cl)cc(Br)c1OCc1cccc(C(=O)O)c1. The van der Waals surface area contributed by atoms with E-state index in [4.69, 9.17) is 26.2 Å². The topological polar surface area (TPSA) is 110 Å². The quantitative estimate of drug-likeness (QED) is 0.257. The molecule has 10 heteroatoms. The van der Waals surface area contributed by atoms with Crippen LogP contribution in [0.25, 0.3) is 0 Å². The van der Waals surface area contributed by atoms with Crippen molar-refractivity contribution in [1.82, 2.24) is 10.4 Å². The van der Waals surface area contributed by atoms with Crippen molar-refractivity contribution in [3.8, 4) is 11.5 Å². The van der Waals surface area contributed by atoms with Gasteiger partial charge in [-0.3, -0.25) is 4.79 Å². The monoisotopic (exact) mass is 517 g/mol. The molecule has 0 radical (unpaired) electrons. The lowest BCUT2D eigenvalue weighted by molar-refractivity contribution is 0.0696. The highest BCUT2D eigenvalue weighted by Crippen LogP contribution is 2.36. The first-order valence-electron chi connectivity index (χ1n) is 9.15. The zero-order valence-electron chi connectivity index (χ0n) is 16.7. The number of methoxy groups -OCH3 is 1. The number of amides is 1. The van der Waals surface area contributed by atoms with Crippen molar-refractivity contribution in [3.05, 3.63) is 86.6 Å². The predicted octanol–water partition coefficient (Wildman–Crippen LogP) is 4.55. The Kier molecular flexibility index (Phi) is 7.80. The Bertz CT molecular complexity index is 1190. The Hall–Kier alpha value is -3.43. The van der Waals surface area contributed by atoms with Gasteiger partial charge >= 0.3 is 5.97 Å². The van der Waals surface area contributed by atoms with Gasteiger partial charge in [-0.1, -0.05) is 23.7 Å². The Balaban J connectivity index is 1.71. The van der Waals surface area contributed by atoms with Gasteiger partial charge in [-0.15, -0.1) is 0 Å². The zero-order chi connectivity index (χ0) is 23.1. The summed E-state index contributed by atoms with van der Waals surface area (Å²) in [5.74, 6) is -0.630. The number of aromatic nitrogens is 1. The lowest BCUT2D eigenvalue weighted by Gasteiger charge is -2.14. The molecule has 2 N–H and O–H groups in total. The van der Waals surface area contributed by atoms with E-state index in [-0.39, 0.29) is 22.9 Å². The molecule has 0 fully saturated rings. The van der Waals surface area contributed by atoms with Gasteiger partial charge in [0.15, 0.2) is 11.5 Å². The molecule has 0 bridgehead atoms. The van der Waals surface area contributed by atoms with Crippen molar-refractivity contribution in [3.63, 3.8) is 0 Å². The number of benzene rings is 2. The van der Waals surface area contributed by atoms with Crippen LogP contribution in [0.4, 0.5) is 0 Å². The second-order valence-electron chi connectivity index (χ2n) is 6.37. The molecule has 3 aromatic rings. The van der Waals surface area contributed by atoms with Crippen molar-refractivity contribution in [1.29, 1.82) is 0 Å². The lowest BCUT2D eigenvalue weighted by Crippen LogP contribution is -2.18. The van der Waals surface area contributed by atoms with E-state index in [2.05, 4.69) is 31.4 Å². The van der Waals surface area contributed by atoms with E-state index in [1.165, 1.54) is 31.7 Å². The molecule has 0 saturated carbocycles. The summed E-state index contributed by atoms with van der Waals surface area (Å²) in [6.07, 6.45) is 2.92. The summed E-state index contributed by atoms with van der Waals surface area (Å²) in [6, 6.07) is 13.0. The van der Waals surface area contributed by atoms with Crippen molar-refractivity contribution < 1.29 is 24.2 Å². The molecule has 0 aliphatic carbocycles. The molecule has 164 valence electrons. The van der Waals surface area contributed by atoms with E-state index < -0.39 is 11.9 Å². The molecule has 2 aromatic carbocycles. The van der Waals surface area contributed by atoms with E-state index >= 15 is 0 Å². The van der Waals surface area contributed by atoms with Crippen LogP contribution in [0.5, 0.6) is 11.5 Å². The van der Waals surface area contributed by atoms with Crippen molar-refractivity contribution in [2.45, 2.75) is 6.61 Å². The molecule has 0 unspecified atom stereocenters. The molecule has 3 rings (SSSR count). The fraction of sp³-hybridized carbons (Fsp3) is 0.0909. The molecule has 0 atom stereocenters. The molecule has 0 saturated heterocycles. The number of aromatic carboxylic acids is 1. The Morgan fingerprint density at radius 3 is 2.78 bits per heavy atom. The van der Waals surface area contributed by atoms with Crippen LogP contribution in [0.1, 0.15) is 31.8 Å². The van der Waals surface area contributed by atoms with Gasteiger partial charge in [0.05, 0.1) is 28.9 Å². The lowest BCUT2D eigenvalue weighted by atomic mass is 10.1. The van der Waals surface area contributed by atoms with Crippen LogP contribution in [-0.2, 0) is 6.61 Å². The number of hydrogen-bond acceptors (Lipinski definition) is 6. The van der Waals surface area contributed by atoms with Gasteiger partial charge in [-0.25, -0.2) is 15.2 Å². The minimum atomic E-state index is -1.01. The molecule has 1 heterocycles. The van der Waals surface area contributed by atoms with Gasteiger partial charge in [-0.05, 0) is 63.5 Å². The summed E-state index contributed by atoms with van der Waals surface area (Å²) in [5.41, 5.74) is 4.11. The van der Waals surface area contributed by atoms with Gasteiger partial charge in [-0.2, -0.15) is 5.10 Å². The van der Waals surface area contributed by atoms with Crippen LogP contribution >= 0.6 is 27.5 Å². The van der Waals surface area contributed by atoms with Gasteiger partial charge in [0.1, 0.15) is 11.8 Å². The molecular weight excluding hydrogens is 502 g/mol. The molecule has 1 aromatic heterocycles. The standard InChI is InChI=1S/C22H17BrClN3O5/c1-31-18-10-14(11-26-27-21(28)16-6-3-7-25-20(16)24)9-17(23)19(18)32-12-13-4-2-5-15(8-13)22(29)30/h2-11H,12H2,1H3,(H,27,28)(H,29,30). The summed E-state index contributed by atoms with van der Waals surface area (Å²) in [4.78, 5) is 27.1. The third-order valence-corrected chi connectivity index (χ3v) is 5.08. The number of ether oxygens (including phenoxy) is 2. The second-order valence-corrected chi connectivity index (χ2v) is 7.58. The number of carbonyl (C=O) groups excluding carboxylic acids is 1. The highest BCUT2D eigenvalue weighted by atomic mass is 79.9. The smallest absolute Gasteiger partial charge is 0.335 e. The average molecular weight is 519 g/mol.